The molecule has 0 aromatic heterocycles. The van der Waals surface area contributed by atoms with Gasteiger partial charge in [0, 0.05) is 12.6 Å². The molecule has 1 atom stereocenters. The maximum absolute atomic E-state index is 11.2. The minimum absolute atomic E-state index is 0.294. The summed E-state index contributed by atoms with van der Waals surface area (Å²) in [5, 5.41) is 22.3. The van der Waals surface area contributed by atoms with Crippen LogP contribution in [-0.4, -0.2) is 65.9 Å². The van der Waals surface area contributed by atoms with Crippen molar-refractivity contribution in [2.45, 2.75) is 38.8 Å². The topological polar surface area (TPSA) is 102 Å². The third-order valence-corrected chi connectivity index (χ3v) is 2.85. The van der Waals surface area contributed by atoms with E-state index in [1.54, 1.807) is 0 Å². The zero-order valence-corrected chi connectivity index (χ0v) is 11.8. The molecule has 0 saturated carbocycles. The first kappa shape index (κ1) is 17.7. The van der Waals surface area contributed by atoms with Crippen LogP contribution in [0.5, 0.6) is 0 Å². The molecule has 7 heteroatoms. The van der Waals surface area contributed by atoms with Crippen LogP contribution in [0.25, 0.3) is 0 Å². The molecule has 7 nitrogen and oxygen atoms in total. The summed E-state index contributed by atoms with van der Waals surface area (Å²) >= 11 is 0. The van der Waals surface area contributed by atoms with Crippen molar-refractivity contribution >= 4 is 12.0 Å². The zero-order chi connectivity index (χ0) is 14.8. The van der Waals surface area contributed by atoms with Gasteiger partial charge in [-0.25, -0.2) is 9.59 Å². The number of carboxylic acids is 1. The number of aliphatic hydroxyl groups excluding tert-OH is 1. The Labute approximate surface area is 114 Å². The molecule has 0 unspecified atom stereocenters. The summed E-state index contributed by atoms with van der Waals surface area (Å²) < 4.78 is 0. The number of unbranched alkanes of at least 4 members (excludes halogenated alkanes) is 1. The fraction of sp³-hybridized carbons (Fsp3) is 0.833. The SMILES string of the molecule is CC(C)N(C)CCCCNC(=O)NC[C@H](O)C(=O)O. The average molecular weight is 275 g/mol. The maximum Gasteiger partial charge on any atom is 0.334 e. The number of aliphatic hydroxyl groups is 1. The molecule has 4 N–H and O–H groups in total. The van der Waals surface area contributed by atoms with Crippen molar-refractivity contribution in [2.75, 3.05) is 26.7 Å². The van der Waals surface area contributed by atoms with Gasteiger partial charge in [0.1, 0.15) is 0 Å². The van der Waals surface area contributed by atoms with E-state index in [1.165, 1.54) is 0 Å². The van der Waals surface area contributed by atoms with Gasteiger partial charge in [-0.05, 0) is 40.3 Å². The van der Waals surface area contributed by atoms with Crippen molar-refractivity contribution in [3.63, 3.8) is 0 Å². The molecule has 0 saturated heterocycles. The lowest BCUT2D eigenvalue weighted by Crippen LogP contribution is -2.42. The van der Waals surface area contributed by atoms with Crippen LogP contribution in [0.15, 0.2) is 0 Å². The van der Waals surface area contributed by atoms with E-state index in [0.29, 0.717) is 12.6 Å². The molecule has 0 rings (SSSR count). The van der Waals surface area contributed by atoms with E-state index in [-0.39, 0.29) is 6.54 Å². The summed E-state index contributed by atoms with van der Waals surface area (Å²) in [5.41, 5.74) is 0. The molecule has 112 valence electrons. The minimum atomic E-state index is -1.56. The van der Waals surface area contributed by atoms with Gasteiger partial charge in [-0.15, -0.1) is 0 Å². The number of carbonyl (C=O) groups is 2. The number of hydrogen-bond acceptors (Lipinski definition) is 4. The van der Waals surface area contributed by atoms with Crippen LogP contribution in [0, 0.1) is 0 Å². The normalized spacial score (nSPS) is 12.5. The average Bonchev–Trinajstić information content (AvgIpc) is 2.34. The van der Waals surface area contributed by atoms with Crippen molar-refractivity contribution in [3.8, 4) is 0 Å². The van der Waals surface area contributed by atoms with E-state index in [9.17, 15) is 9.59 Å². The van der Waals surface area contributed by atoms with E-state index < -0.39 is 18.1 Å². The molecule has 19 heavy (non-hydrogen) atoms. The molecule has 0 radical (unpaired) electrons. The van der Waals surface area contributed by atoms with Crippen molar-refractivity contribution in [1.29, 1.82) is 0 Å². The highest BCUT2D eigenvalue weighted by Gasteiger charge is 2.13. The van der Waals surface area contributed by atoms with E-state index in [2.05, 4.69) is 36.4 Å². The summed E-state index contributed by atoms with van der Waals surface area (Å²) in [6.07, 6.45) is 0.268. The molecule has 0 aromatic rings. The number of carboxylic acid groups (broad SMARTS) is 1. The number of carbonyl (C=O) groups excluding carboxylic acids is 1. The number of amides is 2. The number of rotatable bonds is 9. The first-order valence-corrected chi connectivity index (χ1v) is 6.47. The van der Waals surface area contributed by atoms with Gasteiger partial charge in [0.25, 0.3) is 0 Å². The summed E-state index contributed by atoms with van der Waals surface area (Å²) in [6, 6.07) is 0.0475. The second-order valence-corrected chi connectivity index (χ2v) is 4.77. The third kappa shape index (κ3) is 9.26. The van der Waals surface area contributed by atoms with E-state index >= 15 is 0 Å². The van der Waals surface area contributed by atoms with Crippen molar-refractivity contribution in [2.24, 2.45) is 0 Å². The van der Waals surface area contributed by atoms with Gasteiger partial charge in [0.2, 0.25) is 0 Å². The second kappa shape index (κ2) is 9.57. The molecule has 0 fully saturated rings. The molecule has 0 spiro atoms. The fourth-order valence-electron chi connectivity index (χ4n) is 1.29. The van der Waals surface area contributed by atoms with Crippen LogP contribution in [-0.2, 0) is 4.79 Å². The Morgan fingerprint density at radius 2 is 1.84 bits per heavy atom. The second-order valence-electron chi connectivity index (χ2n) is 4.77. The molecular weight excluding hydrogens is 250 g/mol. The van der Waals surface area contributed by atoms with Gasteiger partial charge in [-0.2, -0.15) is 0 Å². The maximum atomic E-state index is 11.2. The molecule has 0 aliphatic heterocycles. The van der Waals surface area contributed by atoms with Crippen LogP contribution >= 0.6 is 0 Å². The van der Waals surface area contributed by atoms with E-state index in [4.69, 9.17) is 10.2 Å². The summed E-state index contributed by atoms with van der Waals surface area (Å²) in [7, 11) is 2.05. The predicted molar refractivity (Wildman–Crippen MR) is 72.0 cm³/mol. The third-order valence-electron chi connectivity index (χ3n) is 2.85. The Morgan fingerprint density at radius 1 is 1.21 bits per heavy atom. The molecule has 2 amide bonds. The lowest BCUT2D eigenvalue weighted by Gasteiger charge is -2.20. The number of aliphatic carboxylic acids is 1. The lowest BCUT2D eigenvalue weighted by atomic mass is 10.2. The quantitative estimate of drug-likeness (QED) is 0.438. The van der Waals surface area contributed by atoms with E-state index in [0.717, 1.165) is 19.4 Å². The predicted octanol–water partition coefficient (Wildman–Crippen LogP) is -0.148. The molecule has 0 heterocycles. The number of hydrogen-bond donors (Lipinski definition) is 4. The lowest BCUT2D eigenvalue weighted by molar-refractivity contribution is -0.146. The number of nitrogens with zero attached hydrogens (tertiary/aromatic N) is 1. The van der Waals surface area contributed by atoms with E-state index in [1.807, 2.05) is 0 Å². The van der Waals surface area contributed by atoms with Crippen LogP contribution in [0.4, 0.5) is 4.79 Å². The molecule has 0 aliphatic rings. The first-order chi connectivity index (χ1) is 8.84. The Hall–Kier alpha value is -1.34. The molecular formula is C12H25N3O4. The standard InChI is InChI=1S/C12H25N3O4/c1-9(2)15(3)7-5-4-6-13-12(19)14-8-10(16)11(17)18/h9-10,16H,4-8H2,1-3H3,(H,17,18)(H2,13,14,19)/t10-/m0/s1. The zero-order valence-electron chi connectivity index (χ0n) is 11.8. The Balaban J connectivity index is 3.51. The van der Waals surface area contributed by atoms with Gasteiger partial charge in [0.05, 0.1) is 6.54 Å². The van der Waals surface area contributed by atoms with Crippen LogP contribution in [0.3, 0.4) is 0 Å². The monoisotopic (exact) mass is 275 g/mol. The van der Waals surface area contributed by atoms with Crippen LogP contribution in [0.1, 0.15) is 26.7 Å². The van der Waals surface area contributed by atoms with Gasteiger partial charge in [0.15, 0.2) is 6.10 Å². The van der Waals surface area contributed by atoms with Gasteiger partial charge < -0.3 is 25.7 Å². The minimum Gasteiger partial charge on any atom is -0.479 e. The molecule has 0 bridgehead atoms. The largest absolute Gasteiger partial charge is 0.479 e. The van der Waals surface area contributed by atoms with Crippen molar-refractivity contribution in [3.05, 3.63) is 0 Å². The Morgan fingerprint density at radius 3 is 2.37 bits per heavy atom. The van der Waals surface area contributed by atoms with Crippen LogP contribution < -0.4 is 10.6 Å². The van der Waals surface area contributed by atoms with Crippen LogP contribution in [0.2, 0.25) is 0 Å². The number of nitrogens with one attached hydrogen (secondary N) is 2. The smallest absolute Gasteiger partial charge is 0.334 e. The van der Waals surface area contributed by atoms with Gasteiger partial charge in [-0.3, -0.25) is 0 Å². The molecule has 0 aliphatic carbocycles. The van der Waals surface area contributed by atoms with Crippen molar-refractivity contribution < 1.29 is 19.8 Å². The van der Waals surface area contributed by atoms with Gasteiger partial charge in [-0.1, -0.05) is 0 Å². The summed E-state index contributed by atoms with van der Waals surface area (Å²) in [4.78, 5) is 23.8. The molecule has 0 aromatic carbocycles. The highest BCUT2D eigenvalue weighted by atomic mass is 16.4. The van der Waals surface area contributed by atoms with Crippen molar-refractivity contribution in [1.82, 2.24) is 15.5 Å². The highest BCUT2D eigenvalue weighted by Crippen LogP contribution is 1.97. The summed E-state index contributed by atoms with van der Waals surface area (Å²) in [5.74, 6) is -1.35. The Bertz CT molecular complexity index is 284. The highest BCUT2D eigenvalue weighted by molar-refractivity contribution is 5.76. The summed E-state index contributed by atoms with van der Waals surface area (Å²) in [6.45, 7) is 5.45. The Kier molecular flexibility index (Phi) is 8.90. The number of urea groups is 1. The fourth-order valence-corrected chi connectivity index (χ4v) is 1.29. The first-order valence-electron chi connectivity index (χ1n) is 6.47. The van der Waals surface area contributed by atoms with Gasteiger partial charge >= 0.3 is 12.0 Å².